The average Bonchev–Trinajstić information content (AvgIpc) is 2.78. The molecule has 9 nitrogen and oxygen atoms in total. The molecule has 1 aromatic carbocycles. The molecule has 29 heavy (non-hydrogen) atoms. The fourth-order valence-corrected chi connectivity index (χ4v) is 5.04. The number of morpholine rings is 1. The smallest absolute Gasteiger partial charge is 0.308 e. The van der Waals surface area contributed by atoms with E-state index in [-0.39, 0.29) is 41.3 Å². The van der Waals surface area contributed by atoms with Crippen molar-refractivity contribution in [1.82, 2.24) is 9.21 Å². The Balaban J connectivity index is 1.82. The Bertz CT molecular complexity index is 857. The molecule has 2 fully saturated rings. The van der Waals surface area contributed by atoms with Gasteiger partial charge in [-0.05, 0) is 31.0 Å². The second-order valence-electron chi connectivity index (χ2n) is 6.97. The number of piperidine rings is 1. The van der Waals surface area contributed by atoms with Crippen LogP contribution in [-0.4, -0.2) is 83.1 Å². The molecule has 0 aliphatic carbocycles. The minimum absolute atomic E-state index is 0.0491. The topological polar surface area (TPSA) is 102 Å². The number of ether oxygens (including phenoxy) is 3. The lowest BCUT2D eigenvalue weighted by Crippen LogP contribution is -2.41. The Labute approximate surface area is 170 Å². The van der Waals surface area contributed by atoms with E-state index in [0.717, 1.165) is 0 Å². The third-order valence-electron chi connectivity index (χ3n) is 5.33. The van der Waals surface area contributed by atoms with Crippen LogP contribution in [0, 0.1) is 5.92 Å². The van der Waals surface area contributed by atoms with Crippen molar-refractivity contribution in [3.05, 3.63) is 23.8 Å². The monoisotopic (exact) mass is 426 g/mol. The van der Waals surface area contributed by atoms with Crippen LogP contribution in [0.5, 0.6) is 5.75 Å². The summed E-state index contributed by atoms with van der Waals surface area (Å²) in [4.78, 5) is 26.4. The maximum atomic E-state index is 13.1. The second kappa shape index (κ2) is 9.10. The van der Waals surface area contributed by atoms with Gasteiger partial charge in [-0.3, -0.25) is 9.59 Å². The Hall–Kier alpha value is -2.17. The summed E-state index contributed by atoms with van der Waals surface area (Å²) in [5.74, 6) is -0.498. The molecule has 2 aliphatic heterocycles. The Morgan fingerprint density at radius 1 is 1.07 bits per heavy atom. The van der Waals surface area contributed by atoms with E-state index in [4.69, 9.17) is 14.2 Å². The molecular formula is C19H26N2O7S. The van der Waals surface area contributed by atoms with E-state index in [0.29, 0.717) is 44.9 Å². The first-order chi connectivity index (χ1) is 13.9. The molecule has 2 saturated heterocycles. The van der Waals surface area contributed by atoms with Crippen LogP contribution in [-0.2, 0) is 24.3 Å². The minimum atomic E-state index is -3.73. The van der Waals surface area contributed by atoms with Gasteiger partial charge in [0.15, 0.2) is 0 Å². The SMILES string of the molecule is COC(=O)C1CCN(C(=O)c2cc(S(=O)(=O)N3CCOCC3)ccc2OC)CC1. The van der Waals surface area contributed by atoms with E-state index in [9.17, 15) is 18.0 Å². The molecule has 2 heterocycles. The number of amides is 1. The summed E-state index contributed by atoms with van der Waals surface area (Å²) in [6, 6.07) is 4.32. The van der Waals surface area contributed by atoms with Crippen molar-refractivity contribution in [2.75, 3.05) is 53.6 Å². The average molecular weight is 426 g/mol. The summed E-state index contributed by atoms with van der Waals surface area (Å²) in [7, 11) is -0.943. The fraction of sp³-hybridized carbons (Fsp3) is 0.579. The lowest BCUT2D eigenvalue weighted by molar-refractivity contribution is -0.146. The number of methoxy groups -OCH3 is 2. The van der Waals surface area contributed by atoms with Gasteiger partial charge in [0.05, 0.1) is 43.8 Å². The molecule has 10 heteroatoms. The van der Waals surface area contributed by atoms with Crippen LogP contribution < -0.4 is 4.74 Å². The number of rotatable bonds is 5. The van der Waals surface area contributed by atoms with Crippen molar-refractivity contribution >= 4 is 21.9 Å². The molecule has 160 valence electrons. The summed E-state index contributed by atoms with van der Waals surface area (Å²) < 4.78 is 42.5. The van der Waals surface area contributed by atoms with E-state index in [2.05, 4.69) is 0 Å². The molecule has 0 N–H and O–H groups in total. The summed E-state index contributed by atoms with van der Waals surface area (Å²) in [5, 5.41) is 0. The van der Waals surface area contributed by atoms with Crippen LogP contribution in [0.3, 0.4) is 0 Å². The molecule has 0 atom stereocenters. The minimum Gasteiger partial charge on any atom is -0.496 e. The van der Waals surface area contributed by atoms with Crippen molar-refractivity contribution in [1.29, 1.82) is 0 Å². The Kier molecular flexibility index (Phi) is 6.76. The lowest BCUT2D eigenvalue weighted by Gasteiger charge is -2.31. The molecule has 0 spiro atoms. The van der Waals surface area contributed by atoms with Crippen LogP contribution in [0.1, 0.15) is 23.2 Å². The van der Waals surface area contributed by atoms with Gasteiger partial charge < -0.3 is 19.1 Å². The molecular weight excluding hydrogens is 400 g/mol. The highest BCUT2D eigenvalue weighted by Crippen LogP contribution is 2.28. The van der Waals surface area contributed by atoms with Gasteiger partial charge in [-0.25, -0.2) is 8.42 Å². The third kappa shape index (κ3) is 4.54. The first-order valence-electron chi connectivity index (χ1n) is 9.51. The largest absolute Gasteiger partial charge is 0.496 e. The van der Waals surface area contributed by atoms with Gasteiger partial charge in [0.25, 0.3) is 5.91 Å². The summed E-state index contributed by atoms with van der Waals surface area (Å²) >= 11 is 0. The number of sulfonamides is 1. The van der Waals surface area contributed by atoms with Crippen molar-refractivity contribution in [2.24, 2.45) is 5.92 Å². The molecule has 0 saturated carbocycles. The zero-order valence-corrected chi connectivity index (χ0v) is 17.4. The van der Waals surface area contributed by atoms with E-state index < -0.39 is 10.0 Å². The maximum Gasteiger partial charge on any atom is 0.308 e. The first kappa shape index (κ1) is 21.5. The predicted molar refractivity (Wildman–Crippen MR) is 103 cm³/mol. The molecule has 1 amide bonds. The third-order valence-corrected chi connectivity index (χ3v) is 7.22. The first-order valence-corrected chi connectivity index (χ1v) is 11.0. The van der Waals surface area contributed by atoms with Crippen molar-refractivity contribution in [3.8, 4) is 5.75 Å². The second-order valence-corrected chi connectivity index (χ2v) is 8.91. The predicted octanol–water partition coefficient (Wildman–Crippen LogP) is 0.741. The number of carbonyl (C=O) groups is 2. The van der Waals surface area contributed by atoms with E-state index >= 15 is 0 Å². The Morgan fingerprint density at radius 2 is 1.72 bits per heavy atom. The van der Waals surface area contributed by atoms with Gasteiger partial charge in [0.2, 0.25) is 10.0 Å². The maximum absolute atomic E-state index is 13.1. The van der Waals surface area contributed by atoms with E-state index in [1.165, 1.54) is 36.7 Å². The Morgan fingerprint density at radius 3 is 2.31 bits per heavy atom. The molecule has 0 radical (unpaired) electrons. The zero-order chi connectivity index (χ0) is 21.0. The summed E-state index contributed by atoms with van der Waals surface area (Å²) in [5.41, 5.74) is 0.193. The van der Waals surface area contributed by atoms with Crippen molar-refractivity contribution in [2.45, 2.75) is 17.7 Å². The number of esters is 1. The number of carbonyl (C=O) groups excluding carboxylic acids is 2. The lowest BCUT2D eigenvalue weighted by atomic mass is 9.96. The standard InChI is InChI=1S/C19H26N2O7S/c1-26-17-4-3-15(29(24,25)21-9-11-28-12-10-21)13-16(17)18(22)20-7-5-14(6-8-20)19(23)27-2/h3-4,13-14H,5-12H2,1-2H3. The van der Waals surface area contributed by atoms with Gasteiger partial charge in [-0.15, -0.1) is 0 Å². The molecule has 0 bridgehead atoms. The number of likely N-dealkylation sites (tertiary alicyclic amines) is 1. The van der Waals surface area contributed by atoms with Crippen molar-refractivity contribution < 1.29 is 32.2 Å². The van der Waals surface area contributed by atoms with Gasteiger partial charge >= 0.3 is 5.97 Å². The van der Waals surface area contributed by atoms with Crippen LogP contribution in [0.4, 0.5) is 0 Å². The van der Waals surface area contributed by atoms with E-state index in [1.54, 1.807) is 4.90 Å². The van der Waals surface area contributed by atoms with Gasteiger partial charge in [0.1, 0.15) is 5.75 Å². The van der Waals surface area contributed by atoms with Crippen LogP contribution in [0.2, 0.25) is 0 Å². The van der Waals surface area contributed by atoms with Gasteiger partial charge in [-0.1, -0.05) is 0 Å². The van der Waals surface area contributed by atoms with E-state index in [1.807, 2.05) is 0 Å². The normalized spacial score (nSPS) is 19.0. The molecule has 3 rings (SSSR count). The summed E-state index contributed by atoms with van der Waals surface area (Å²) in [6.07, 6.45) is 1.01. The molecule has 0 unspecified atom stereocenters. The highest BCUT2D eigenvalue weighted by atomic mass is 32.2. The zero-order valence-electron chi connectivity index (χ0n) is 16.6. The van der Waals surface area contributed by atoms with Gasteiger partial charge in [-0.2, -0.15) is 4.31 Å². The molecule has 2 aliphatic rings. The fourth-order valence-electron chi connectivity index (χ4n) is 3.61. The highest BCUT2D eigenvalue weighted by molar-refractivity contribution is 7.89. The van der Waals surface area contributed by atoms with Crippen molar-refractivity contribution in [3.63, 3.8) is 0 Å². The quantitative estimate of drug-likeness (QED) is 0.640. The van der Waals surface area contributed by atoms with Crippen LogP contribution in [0.25, 0.3) is 0 Å². The number of hydrogen-bond acceptors (Lipinski definition) is 7. The van der Waals surface area contributed by atoms with Gasteiger partial charge in [0, 0.05) is 26.2 Å². The molecule has 1 aromatic rings. The highest BCUT2D eigenvalue weighted by Gasteiger charge is 2.31. The number of benzene rings is 1. The number of nitrogens with zero attached hydrogens (tertiary/aromatic N) is 2. The number of hydrogen-bond donors (Lipinski definition) is 0. The van der Waals surface area contributed by atoms with Crippen LogP contribution in [0.15, 0.2) is 23.1 Å². The van der Waals surface area contributed by atoms with Crippen LogP contribution >= 0.6 is 0 Å². The summed E-state index contributed by atoms with van der Waals surface area (Å²) in [6.45, 7) is 2.02. The molecule has 0 aromatic heterocycles.